The molecule has 1 aliphatic rings. The van der Waals surface area contributed by atoms with Gasteiger partial charge in [0.1, 0.15) is 5.82 Å². The maximum absolute atomic E-state index is 11.9. The van der Waals surface area contributed by atoms with E-state index in [0.29, 0.717) is 11.4 Å². The van der Waals surface area contributed by atoms with Crippen molar-refractivity contribution in [3.8, 4) is 0 Å². The summed E-state index contributed by atoms with van der Waals surface area (Å²) in [7, 11) is 0. The molecule has 1 aromatic carbocycles. The first-order chi connectivity index (χ1) is 11.5. The van der Waals surface area contributed by atoms with Gasteiger partial charge >= 0.3 is 0 Å². The minimum absolute atomic E-state index is 0.108. The molecule has 0 aliphatic carbocycles. The second-order valence-corrected chi connectivity index (χ2v) is 6.61. The highest BCUT2D eigenvalue weighted by Crippen LogP contribution is 2.16. The first-order valence-corrected chi connectivity index (χ1v) is 8.68. The highest BCUT2D eigenvalue weighted by atomic mass is 35.5. The average Bonchev–Trinajstić information content (AvgIpc) is 3.00. The summed E-state index contributed by atoms with van der Waals surface area (Å²) in [4.78, 5) is 14.3. The Labute approximate surface area is 148 Å². The Balaban J connectivity index is 1.81. The first-order valence-electron chi connectivity index (χ1n) is 8.30. The number of hydrogen-bond acceptors (Lipinski definition) is 4. The Hall–Kier alpha value is -1.85. The Morgan fingerprint density at radius 2 is 2.12 bits per heavy atom. The molecule has 130 valence electrons. The van der Waals surface area contributed by atoms with Crippen molar-refractivity contribution in [1.29, 1.82) is 5.41 Å². The SMILES string of the molecule is Cc1cc(Cl)ccc1C(=N)/C=C(\N)NC(=O)CCCN1CCCC1. The molecule has 0 radical (unpaired) electrons. The number of amides is 1. The number of carbonyl (C=O) groups excluding carboxylic acids is 1. The molecule has 6 heteroatoms. The molecule has 0 unspecified atom stereocenters. The van der Waals surface area contributed by atoms with Gasteiger partial charge in [-0.25, -0.2) is 0 Å². The number of hydrogen-bond donors (Lipinski definition) is 3. The lowest BCUT2D eigenvalue weighted by Gasteiger charge is -2.13. The molecule has 0 atom stereocenters. The number of nitrogens with one attached hydrogen (secondary N) is 2. The zero-order chi connectivity index (χ0) is 17.5. The van der Waals surface area contributed by atoms with E-state index in [4.69, 9.17) is 22.7 Å². The number of nitrogens with zero attached hydrogens (tertiary/aromatic N) is 1. The van der Waals surface area contributed by atoms with E-state index in [9.17, 15) is 4.79 Å². The molecule has 2 rings (SSSR count). The van der Waals surface area contributed by atoms with Crippen molar-refractivity contribution in [3.05, 3.63) is 46.2 Å². The maximum atomic E-state index is 11.9. The summed E-state index contributed by atoms with van der Waals surface area (Å²) in [6, 6.07) is 5.31. The number of allylic oxidation sites excluding steroid dienone is 1. The van der Waals surface area contributed by atoms with Crippen LogP contribution in [0, 0.1) is 12.3 Å². The van der Waals surface area contributed by atoms with Crippen molar-refractivity contribution < 1.29 is 4.79 Å². The normalized spacial score (nSPS) is 15.5. The van der Waals surface area contributed by atoms with Crippen molar-refractivity contribution >= 4 is 23.2 Å². The predicted molar refractivity (Wildman–Crippen MR) is 98.3 cm³/mol. The van der Waals surface area contributed by atoms with Gasteiger partial charge in [-0.3, -0.25) is 4.79 Å². The van der Waals surface area contributed by atoms with Crippen LogP contribution in [0.4, 0.5) is 0 Å². The smallest absolute Gasteiger partial charge is 0.225 e. The van der Waals surface area contributed by atoms with E-state index in [1.807, 2.05) is 6.92 Å². The largest absolute Gasteiger partial charge is 0.385 e. The molecule has 0 bridgehead atoms. The molecule has 1 aromatic rings. The van der Waals surface area contributed by atoms with E-state index < -0.39 is 0 Å². The number of nitrogens with two attached hydrogens (primary N) is 1. The van der Waals surface area contributed by atoms with Gasteiger partial charge in [0, 0.05) is 23.1 Å². The van der Waals surface area contributed by atoms with Crippen molar-refractivity contribution in [3.63, 3.8) is 0 Å². The standard InChI is InChI=1S/C18H25ClN4O/c1-13-11-14(19)6-7-15(13)16(20)12-17(21)22-18(24)5-4-10-23-8-2-3-9-23/h6-7,11-12,20H,2-5,8-10,21H2,1H3,(H,22,24)/b17-12+,20-16?. The fraction of sp³-hybridized carbons (Fsp3) is 0.444. The number of rotatable bonds is 7. The number of halogens is 1. The summed E-state index contributed by atoms with van der Waals surface area (Å²) < 4.78 is 0. The molecule has 0 aromatic heterocycles. The van der Waals surface area contributed by atoms with Crippen LogP contribution in [0.3, 0.4) is 0 Å². The van der Waals surface area contributed by atoms with E-state index in [1.54, 1.807) is 18.2 Å². The summed E-state index contributed by atoms with van der Waals surface area (Å²) in [6.45, 7) is 5.12. The van der Waals surface area contributed by atoms with Crippen LogP contribution >= 0.6 is 11.6 Å². The summed E-state index contributed by atoms with van der Waals surface area (Å²) in [5.41, 5.74) is 7.73. The highest BCUT2D eigenvalue weighted by Gasteiger charge is 2.12. The fourth-order valence-electron chi connectivity index (χ4n) is 2.89. The van der Waals surface area contributed by atoms with Crippen LogP contribution in [0.15, 0.2) is 30.1 Å². The number of carbonyl (C=O) groups is 1. The third-order valence-electron chi connectivity index (χ3n) is 4.14. The van der Waals surface area contributed by atoms with Crippen molar-refractivity contribution in [1.82, 2.24) is 10.2 Å². The molecule has 0 saturated carbocycles. The fourth-order valence-corrected chi connectivity index (χ4v) is 3.12. The van der Waals surface area contributed by atoms with Crippen molar-refractivity contribution in [2.45, 2.75) is 32.6 Å². The van der Waals surface area contributed by atoms with Crippen LogP contribution < -0.4 is 11.1 Å². The first kappa shape index (κ1) is 18.5. The third-order valence-corrected chi connectivity index (χ3v) is 4.37. The van der Waals surface area contributed by atoms with E-state index in [1.165, 1.54) is 18.9 Å². The quantitative estimate of drug-likeness (QED) is 0.662. The summed E-state index contributed by atoms with van der Waals surface area (Å²) >= 11 is 5.92. The topological polar surface area (TPSA) is 82.2 Å². The van der Waals surface area contributed by atoms with E-state index in [2.05, 4.69) is 10.2 Å². The molecule has 0 spiro atoms. The molecular weight excluding hydrogens is 324 g/mol. The van der Waals surface area contributed by atoms with Gasteiger partial charge in [0.05, 0.1) is 5.71 Å². The molecular formula is C18H25ClN4O. The van der Waals surface area contributed by atoms with Gasteiger partial charge in [-0.2, -0.15) is 0 Å². The minimum Gasteiger partial charge on any atom is -0.385 e. The van der Waals surface area contributed by atoms with Gasteiger partial charge in [-0.1, -0.05) is 17.7 Å². The highest BCUT2D eigenvalue weighted by molar-refractivity contribution is 6.30. The lowest BCUT2D eigenvalue weighted by atomic mass is 10.0. The van der Waals surface area contributed by atoms with E-state index in [0.717, 1.165) is 37.2 Å². The summed E-state index contributed by atoms with van der Waals surface area (Å²) in [5, 5.41) is 11.4. The van der Waals surface area contributed by atoms with Crippen LogP contribution in [0.1, 0.15) is 36.8 Å². The van der Waals surface area contributed by atoms with Crippen LogP contribution in [0.25, 0.3) is 0 Å². The number of benzene rings is 1. The van der Waals surface area contributed by atoms with Gasteiger partial charge in [-0.15, -0.1) is 0 Å². The second kappa shape index (κ2) is 8.85. The predicted octanol–water partition coefficient (Wildman–Crippen LogP) is 2.81. The Morgan fingerprint density at radius 1 is 1.42 bits per heavy atom. The van der Waals surface area contributed by atoms with Gasteiger partial charge in [-0.05, 0) is 63.5 Å². The molecule has 1 saturated heterocycles. The lowest BCUT2D eigenvalue weighted by Crippen LogP contribution is -2.29. The van der Waals surface area contributed by atoms with Crippen LogP contribution in [0.2, 0.25) is 5.02 Å². The van der Waals surface area contributed by atoms with Crippen molar-refractivity contribution in [2.24, 2.45) is 5.73 Å². The average molecular weight is 349 g/mol. The molecule has 4 N–H and O–H groups in total. The number of aryl methyl sites for hydroxylation is 1. The molecule has 5 nitrogen and oxygen atoms in total. The molecule has 1 aliphatic heterocycles. The minimum atomic E-state index is -0.108. The summed E-state index contributed by atoms with van der Waals surface area (Å²) in [5.74, 6) is 0.0871. The monoisotopic (exact) mass is 348 g/mol. The second-order valence-electron chi connectivity index (χ2n) is 6.17. The van der Waals surface area contributed by atoms with Crippen LogP contribution in [-0.4, -0.2) is 36.2 Å². The van der Waals surface area contributed by atoms with Gasteiger partial charge in [0.2, 0.25) is 5.91 Å². The Morgan fingerprint density at radius 3 is 2.79 bits per heavy atom. The number of likely N-dealkylation sites (tertiary alicyclic amines) is 1. The zero-order valence-electron chi connectivity index (χ0n) is 14.1. The van der Waals surface area contributed by atoms with Gasteiger partial charge in [0.15, 0.2) is 0 Å². The molecule has 1 amide bonds. The molecule has 1 heterocycles. The third kappa shape index (κ3) is 5.65. The van der Waals surface area contributed by atoms with Crippen LogP contribution in [0.5, 0.6) is 0 Å². The Kier molecular flexibility index (Phi) is 6.82. The summed E-state index contributed by atoms with van der Waals surface area (Å²) in [6.07, 6.45) is 5.25. The van der Waals surface area contributed by atoms with E-state index >= 15 is 0 Å². The van der Waals surface area contributed by atoms with Crippen LogP contribution in [-0.2, 0) is 4.79 Å². The molecule has 1 fully saturated rings. The molecule has 24 heavy (non-hydrogen) atoms. The van der Waals surface area contributed by atoms with Gasteiger partial charge < -0.3 is 21.4 Å². The van der Waals surface area contributed by atoms with Crippen molar-refractivity contribution in [2.75, 3.05) is 19.6 Å². The Bertz CT molecular complexity index is 636. The van der Waals surface area contributed by atoms with Gasteiger partial charge in [0.25, 0.3) is 0 Å². The lowest BCUT2D eigenvalue weighted by molar-refractivity contribution is -0.120. The van der Waals surface area contributed by atoms with E-state index in [-0.39, 0.29) is 17.4 Å². The zero-order valence-corrected chi connectivity index (χ0v) is 14.8. The maximum Gasteiger partial charge on any atom is 0.225 e.